The number of hydrogen-bond acceptors (Lipinski definition) is 6. The molecule has 4 rings (SSSR count). The van der Waals surface area contributed by atoms with E-state index in [0.717, 1.165) is 15.5 Å². The number of halogens is 2. The third kappa shape index (κ3) is 4.87. The summed E-state index contributed by atoms with van der Waals surface area (Å²) in [5, 5.41) is 9.87. The molecule has 176 valence electrons. The number of carbonyl (C=O) groups excluding carboxylic acids is 1. The summed E-state index contributed by atoms with van der Waals surface area (Å²) in [4.78, 5) is 15.2. The smallest absolute Gasteiger partial charge is 0.350 e. The molecule has 0 aliphatic heterocycles. The molecule has 2 aromatic carbocycles. The molecule has 0 bridgehead atoms. The van der Waals surface area contributed by atoms with Crippen LogP contribution in [0.15, 0.2) is 62.8 Å². The van der Waals surface area contributed by atoms with Crippen molar-refractivity contribution in [3.05, 3.63) is 75.6 Å². The van der Waals surface area contributed by atoms with Gasteiger partial charge in [-0.2, -0.15) is 5.10 Å². The number of hydrogen-bond donors (Lipinski definition) is 0. The van der Waals surface area contributed by atoms with Crippen molar-refractivity contribution >= 4 is 40.9 Å². The van der Waals surface area contributed by atoms with Crippen molar-refractivity contribution < 1.29 is 14.1 Å². The summed E-state index contributed by atoms with van der Waals surface area (Å²) < 4.78 is 13.1. The molecule has 0 spiro atoms. The van der Waals surface area contributed by atoms with Gasteiger partial charge in [0.15, 0.2) is 0 Å². The quantitative estimate of drug-likeness (QED) is 0.255. The summed E-state index contributed by atoms with van der Waals surface area (Å²) in [5.74, 6) is 0.0862. The van der Waals surface area contributed by atoms with E-state index in [1.807, 2.05) is 64.1 Å². The Balaban J connectivity index is 1.77. The van der Waals surface area contributed by atoms with Gasteiger partial charge in [-0.25, -0.2) is 9.48 Å². The number of aryl methyl sites for hydroxylation is 2. The Bertz CT molecular complexity index is 1350. The predicted molar refractivity (Wildman–Crippen MR) is 134 cm³/mol. The molecule has 0 fully saturated rings. The molecule has 0 saturated carbocycles. The van der Waals surface area contributed by atoms with Gasteiger partial charge in [0.2, 0.25) is 5.88 Å². The van der Waals surface area contributed by atoms with Crippen molar-refractivity contribution in [2.75, 3.05) is 0 Å². The maximum Gasteiger partial charge on any atom is 0.350 e. The van der Waals surface area contributed by atoms with Crippen LogP contribution in [0.1, 0.15) is 42.6 Å². The summed E-state index contributed by atoms with van der Waals surface area (Å²) >= 11 is 13.9. The average molecular weight is 516 g/mol. The number of aromatic nitrogens is 3. The van der Waals surface area contributed by atoms with Crippen LogP contribution in [0, 0.1) is 13.8 Å². The molecular formula is C25H23Cl2N3O3S. The summed E-state index contributed by atoms with van der Waals surface area (Å²) in [6, 6.07) is 14.6. The van der Waals surface area contributed by atoms with E-state index < -0.39 is 11.5 Å². The Morgan fingerprint density at radius 2 is 1.74 bits per heavy atom. The Labute approximate surface area is 212 Å². The Hall–Kier alpha value is -2.74. The maximum atomic E-state index is 13.5. The monoisotopic (exact) mass is 515 g/mol. The molecule has 4 aromatic rings. The van der Waals surface area contributed by atoms with Crippen LogP contribution in [0.4, 0.5) is 0 Å². The van der Waals surface area contributed by atoms with Gasteiger partial charge in [0, 0.05) is 15.5 Å². The minimum absolute atomic E-state index is 0.217. The van der Waals surface area contributed by atoms with Crippen LogP contribution >= 0.6 is 35.0 Å². The Morgan fingerprint density at radius 3 is 2.38 bits per heavy atom. The van der Waals surface area contributed by atoms with Crippen LogP contribution < -0.4 is 4.74 Å². The molecule has 0 aliphatic rings. The SMILES string of the molecule is Cc1nn(C(C)(C)C)c(OC(=O)c2c(-c3ccccc3Cl)noc2C)c1Sc1ccc(Cl)cc1. The lowest BCUT2D eigenvalue weighted by atomic mass is 10.1. The first kappa shape index (κ1) is 24.4. The first-order chi connectivity index (χ1) is 16.1. The zero-order valence-corrected chi connectivity index (χ0v) is 21.7. The second kappa shape index (κ2) is 9.49. The fraction of sp³-hybridized carbons (Fsp3) is 0.240. The number of nitrogens with zero attached hydrogens (tertiary/aromatic N) is 3. The van der Waals surface area contributed by atoms with Crippen LogP contribution in [-0.2, 0) is 5.54 Å². The minimum atomic E-state index is -0.600. The fourth-order valence-corrected chi connectivity index (χ4v) is 4.63. The normalized spacial score (nSPS) is 11.6. The van der Waals surface area contributed by atoms with Gasteiger partial charge in [0.05, 0.1) is 21.2 Å². The van der Waals surface area contributed by atoms with Gasteiger partial charge in [-0.05, 0) is 65.0 Å². The van der Waals surface area contributed by atoms with Crippen LogP contribution in [-0.4, -0.2) is 20.9 Å². The number of benzene rings is 2. The molecule has 0 aliphatic carbocycles. The lowest BCUT2D eigenvalue weighted by Gasteiger charge is -2.22. The fourth-order valence-electron chi connectivity index (χ4n) is 3.36. The van der Waals surface area contributed by atoms with E-state index in [1.165, 1.54) is 11.8 Å². The van der Waals surface area contributed by atoms with Crippen molar-refractivity contribution in [1.29, 1.82) is 0 Å². The first-order valence-electron chi connectivity index (χ1n) is 10.5. The van der Waals surface area contributed by atoms with Gasteiger partial charge in [-0.1, -0.05) is 58.3 Å². The molecule has 0 atom stereocenters. The minimum Gasteiger partial charge on any atom is -0.403 e. The van der Waals surface area contributed by atoms with E-state index in [1.54, 1.807) is 23.7 Å². The van der Waals surface area contributed by atoms with E-state index in [4.69, 9.17) is 32.5 Å². The van der Waals surface area contributed by atoms with E-state index in [-0.39, 0.29) is 5.56 Å². The van der Waals surface area contributed by atoms with Crippen LogP contribution in [0.3, 0.4) is 0 Å². The highest BCUT2D eigenvalue weighted by atomic mass is 35.5. The van der Waals surface area contributed by atoms with Gasteiger partial charge < -0.3 is 9.26 Å². The molecule has 2 aromatic heterocycles. The maximum absolute atomic E-state index is 13.5. The van der Waals surface area contributed by atoms with E-state index in [0.29, 0.717) is 32.9 Å². The number of carbonyl (C=O) groups is 1. The zero-order valence-electron chi connectivity index (χ0n) is 19.3. The summed E-state index contributed by atoms with van der Waals surface area (Å²) in [7, 11) is 0. The molecule has 34 heavy (non-hydrogen) atoms. The Kier molecular flexibility index (Phi) is 6.80. The number of ether oxygens (including phenoxy) is 1. The topological polar surface area (TPSA) is 70.2 Å². The molecular weight excluding hydrogens is 493 g/mol. The zero-order chi connectivity index (χ0) is 24.6. The molecule has 0 amide bonds. The lowest BCUT2D eigenvalue weighted by molar-refractivity contribution is 0.0703. The van der Waals surface area contributed by atoms with Gasteiger partial charge in [-0.15, -0.1) is 0 Å². The second-order valence-corrected chi connectivity index (χ2v) is 10.6. The third-order valence-corrected chi connectivity index (χ3v) is 6.78. The third-order valence-electron chi connectivity index (χ3n) is 5.02. The van der Waals surface area contributed by atoms with Crippen molar-refractivity contribution in [2.24, 2.45) is 0 Å². The second-order valence-electron chi connectivity index (χ2n) is 8.69. The molecule has 9 heteroatoms. The van der Waals surface area contributed by atoms with Crippen LogP contribution in [0.2, 0.25) is 10.0 Å². The van der Waals surface area contributed by atoms with E-state index >= 15 is 0 Å². The molecule has 0 unspecified atom stereocenters. The van der Waals surface area contributed by atoms with Gasteiger partial charge in [0.1, 0.15) is 17.0 Å². The highest BCUT2D eigenvalue weighted by Gasteiger charge is 2.31. The van der Waals surface area contributed by atoms with Crippen molar-refractivity contribution in [3.63, 3.8) is 0 Å². The predicted octanol–water partition coefficient (Wildman–Crippen LogP) is 7.59. The van der Waals surface area contributed by atoms with Gasteiger partial charge in [-0.3, -0.25) is 0 Å². The van der Waals surface area contributed by atoms with Gasteiger partial charge >= 0.3 is 5.97 Å². The average Bonchev–Trinajstić information content (AvgIpc) is 3.30. The molecule has 2 heterocycles. The molecule has 0 radical (unpaired) electrons. The largest absolute Gasteiger partial charge is 0.403 e. The standard InChI is InChI=1S/C25H23Cl2N3O3S/c1-14-22(34-17-12-10-16(26)11-13-17)23(30(28-14)25(3,4)5)32-24(31)20-15(2)33-29-21(20)18-8-6-7-9-19(18)27/h6-13H,1-5H3. The summed E-state index contributed by atoms with van der Waals surface area (Å²) in [6.07, 6.45) is 0. The first-order valence-corrected chi connectivity index (χ1v) is 12.1. The van der Waals surface area contributed by atoms with E-state index in [2.05, 4.69) is 10.3 Å². The Morgan fingerprint density at radius 1 is 1.06 bits per heavy atom. The van der Waals surface area contributed by atoms with Crippen molar-refractivity contribution in [1.82, 2.24) is 14.9 Å². The summed E-state index contributed by atoms with van der Waals surface area (Å²) in [6.45, 7) is 9.53. The lowest BCUT2D eigenvalue weighted by Crippen LogP contribution is -2.25. The highest BCUT2D eigenvalue weighted by Crippen LogP contribution is 2.41. The molecule has 6 nitrogen and oxygen atoms in total. The summed E-state index contributed by atoms with van der Waals surface area (Å²) in [5.41, 5.74) is 1.44. The number of rotatable bonds is 5. The van der Waals surface area contributed by atoms with Crippen LogP contribution in [0.5, 0.6) is 5.88 Å². The number of esters is 1. The van der Waals surface area contributed by atoms with Crippen molar-refractivity contribution in [2.45, 2.75) is 49.9 Å². The molecule has 0 N–H and O–H groups in total. The van der Waals surface area contributed by atoms with Crippen LogP contribution in [0.25, 0.3) is 11.3 Å². The van der Waals surface area contributed by atoms with Gasteiger partial charge in [0.25, 0.3) is 0 Å². The van der Waals surface area contributed by atoms with E-state index in [9.17, 15) is 4.79 Å². The highest BCUT2D eigenvalue weighted by molar-refractivity contribution is 7.99. The van der Waals surface area contributed by atoms with Crippen molar-refractivity contribution in [3.8, 4) is 17.1 Å². The molecule has 0 saturated heterocycles.